The van der Waals surface area contributed by atoms with Gasteiger partial charge < -0.3 is 14.6 Å². The van der Waals surface area contributed by atoms with Crippen molar-refractivity contribution in [1.29, 1.82) is 0 Å². The van der Waals surface area contributed by atoms with Gasteiger partial charge in [0.25, 0.3) is 17.7 Å². The van der Waals surface area contributed by atoms with Crippen LogP contribution < -0.4 is 20.9 Å². The highest BCUT2D eigenvalue weighted by atomic mass is 32.2. The van der Waals surface area contributed by atoms with Crippen LogP contribution in [-0.4, -0.2) is 52.4 Å². The summed E-state index contributed by atoms with van der Waals surface area (Å²) in [6.07, 6.45) is 3.90. The normalized spacial score (nSPS) is 11.6. The number of nitrogens with one attached hydrogen (secondary N) is 3. The topological polar surface area (TPSA) is 114 Å². The minimum absolute atomic E-state index is 0.00548. The molecular formula is C22H25N5O4S. The number of para-hydroxylation sites is 2. The number of thioether (sulfide) groups is 1. The molecule has 0 fully saturated rings. The number of imidazole rings is 1. The highest BCUT2D eigenvalue weighted by Gasteiger charge is 2.22. The molecule has 0 radical (unpaired) electrons. The second-order valence-corrected chi connectivity index (χ2v) is 7.92. The molecule has 0 saturated carbocycles. The van der Waals surface area contributed by atoms with E-state index in [1.807, 2.05) is 30.5 Å². The number of methoxy groups -OCH3 is 1. The lowest BCUT2D eigenvalue weighted by molar-refractivity contribution is -0.130. The van der Waals surface area contributed by atoms with Crippen LogP contribution in [0.3, 0.4) is 0 Å². The minimum atomic E-state index is -0.800. The molecule has 0 saturated heterocycles. The van der Waals surface area contributed by atoms with Gasteiger partial charge in [0.15, 0.2) is 0 Å². The molecule has 32 heavy (non-hydrogen) atoms. The van der Waals surface area contributed by atoms with Gasteiger partial charge in [-0.1, -0.05) is 12.1 Å². The van der Waals surface area contributed by atoms with Crippen molar-refractivity contribution in [3.8, 4) is 5.75 Å². The monoisotopic (exact) mass is 455 g/mol. The van der Waals surface area contributed by atoms with Crippen molar-refractivity contribution in [1.82, 2.24) is 25.7 Å². The Morgan fingerprint density at radius 1 is 1.09 bits per heavy atom. The number of nitrogens with zero attached hydrogens (tertiary/aromatic N) is 2. The summed E-state index contributed by atoms with van der Waals surface area (Å²) in [6.45, 7) is -0.00548. The Morgan fingerprint density at radius 2 is 1.84 bits per heavy atom. The van der Waals surface area contributed by atoms with Gasteiger partial charge >= 0.3 is 0 Å². The molecular weight excluding hydrogens is 430 g/mol. The smallest absolute Gasteiger partial charge is 0.260 e. The average Bonchev–Trinajstić information content (AvgIpc) is 3.22. The van der Waals surface area contributed by atoms with Gasteiger partial charge in [-0.3, -0.25) is 25.2 Å². The van der Waals surface area contributed by atoms with Crippen molar-refractivity contribution in [3.05, 3.63) is 60.4 Å². The van der Waals surface area contributed by atoms with Gasteiger partial charge in [-0.15, -0.1) is 0 Å². The number of hydrogen-bond donors (Lipinski definition) is 3. The predicted molar refractivity (Wildman–Crippen MR) is 123 cm³/mol. The van der Waals surface area contributed by atoms with Crippen LogP contribution in [0.25, 0.3) is 11.0 Å². The lowest BCUT2D eigenvalue weighted by Gasteiger charge is -2.18. The third-order valence-electron chi connectivity index (χ3n) is 4.75. The summed E-state index contributed by atoms with van der Waals surface area (Å²) in [5, 5.41) is 2.73. The lowest BCUT2D eigenvalue weighted by Crippen LogP contribution is -2.53. The molecule has 10 heteroatoms. The maximum Gasteiger partial charge on any atom is 0.260 e. The van der Waals surface area contributed by atoms with Crippen molar-refractivity contribution >= 4 is 40.5 Å². The van der Waals surface area contributed by atoms with Crippen molar-refractivity contribution in [2.24, 2.45) is 0 Å². The Kier molecular flexibility index (Phi) is 8.09. The van der Waals surface area contributed by atoms with Crippen LogP contribution in [0.5, 0.6) is 5.75 Å². The number of carbonyl (C=O) groups excluding carboxylic acids is 3. The molecule has 3 aromatic rings. The number of hydrogen-bond acceptors (Lipinski definition) is 6. The van der Waals surface area contributed by atoms with Crippen molar-refractivity contribution in [2.75, 3.05) is 19.1 Å². The maximum absolute atomic E-state index is 12.6. The van der Waals surface area contributed by atoms with E-state index in [1.54, 1.807) is 54.0 Å². The SMILES string of the molecule is COc1ccc(C(=O)N[C@@H](CCSC)C(=O)NNC(=O)Cn2cnc3ccccc32)cc1. The molecule has 3 rings (SSSR count). The van der Waals surface area contributed by atoms with Gasteiger partial charge in [0.05, 0.1) is 24.5 Å². The fourth-order valence-corrected chi connectivity index (χ4v) is 3.51. The highest BCUT2D eigenvalue weighted by molar-refractivity contribution is 7.98. The molecule has 2 aromatic carbocycles. The Morgan fingerprint density at radius 3 is 2.56 bits per heavy atom. The molecule has 168 valence electrons. The molecule has 0 aliphatic carbocycles. The summed E-state index contributed by atoms with van der Waals surface area (Å²) in [6, 6.07) is 13.2. The summed E-state index contributed by atoms with van der Waals surface area (Å²) in [7, 11) is 1.54. The van der Waals surface area contributed by atoms with E-state index in [2.05, 4.69) is 21.2 Å². The van der Waals surface area contributed by atoms with Crippen LogP contribution in [0.2, 0.25) is 0 Å². The Hall–Kier alpha value is -3.53. The first kappa shape index (κ1) is 23.1. The molecule has 0 aliphatic heterocycles. The molecule has 0 aliphatic rings. The molecule has 9 nitrogen and oxygen atoms in total. The van der Waals surface area contributed by atoms with Crippen LogP contribution in [0.1, 0.15) is 16.8 Å². The Bertz CT molecular complexity index is 1080. The number of fused-ring (bicyclic) bond motifs is 1. The van der Waals surface area contributed by atoms with Crippen LogP contribution in [0.15, 0.2) is 54.9 Å². The number of aromatic nitrogens is 2. The maximum atomic E-state index is 12.6. The summed E-state index contributed by atoms with van der Waals surface area (Å²) >= 11 is 1.56. The van der Waals surface area contributed by atoms with Crippen LogP contribution in [-0.2, 0) is 16.1 Å². The van der Waals surface area contributed by atoms with Gasteiger partial charge in [-0.25, -0.2) is 4.98 Å². The Balaban J connectivity index is 1.57. The van der Waals surface area contributed by atoms with Crippen molar-refractivity contribution in [3.63, 3.8) is 0 Å². The summed E-state index contributed by atoms with van der Waals surface area (Å²) < 4.78 is 6.78. The number of amides is 3. The first-order valence-corrected chi connectivity index (χ1v) is 11.3. The number of carbonyl (C=O) groups is 3. The summed E-state index contributed by atoms with van der Waals surface area (Å²) in [5.74, 6) is 0.00346. The molecule has 0 bridgehead atoms. The third-order valence-corrected chi connectivity index (χ3v) is 5.40. The Labute approximate surface area is 189 Å². The number of hydrazine groups is 1. The quantitative estimate of drug-likeness (QED) is 0.424. The van der Waals surface area contributed by atoms with Crippen molar-refractivity contribution < 1.29 is 19.1 Å². The van der Waals surface area contributed by atoms with E-state index in [0.29, 0.717) is 23.5 Å². The van der Waals surface area contributed by atoms with Crippen LogP contribution in [0, 0.1) is 0 Å². The number of ether oxygens (including phenoxy) is 1. The molecule has 1 heterocycles. The van der Waals surface area contributed by atoms with E-state index >= 15 is 0 Å². The van der Waals surface area contributed by atoms with Gasteiger partial charge in [0, 0.05) is 5.56 Å². The molecule has 3 amide bonds. The van der Waals surface area contributed by atoms with Gasteiger partial charge in [-0.05, 0) is 54.8 Å². The zero-order valence-electron chi connectivity index (χ0n) is 17.8. The van der Waals surface area contributed by atoms with Gasteiger partial charge in [0.1, 0.15) is 18.3 Å². The fraction of sp³-hybridized carbons (Fsp3) is 0.273. The van der Waals surface area contributed by atoms with E-state index < -0.39 is 17.9 Å². The van der Waals surface area contributed by atoms with Crippen molar-refractivity contribution in [2.45, 2.75) is 19.0 Å². The standard InChI is InChI=1S/C22H25N5O4S/c1-31-16-9-7-15(8-10-16)21(29)24-18(11-12-32-2)22(30)26-25-20(28)13-27-14-23-17-5-3-4-6-19(17)27/h3-10,14,18H,11-13H2,1-2H3,(H,24,29)(H,25,28)(H,26,30)/t18-/m0/s1. The van der Waals surface area contributed by atoms with Crippen LogP contribution in [0.4, 0.5) is 0 Å². The number of rotatable bonds is 9. The molecule has 0 unspecified atom stereocenters. The first-order valence-electron chi connectivity index (χ1n) is 9.94. The van der Waals surface area contributed by atoms with E-state index in [9.17, 15) is 14.4 Å². The molecule has 1 atom stereocenters. The summed E-state index contributed by atoms with van der Waals surface area (Å²) in [5.41, 5.74) is 6.82. The lowest BCUT2D eigenvalue weighted by atomic mass is 10.1. The molecule has 3 N–H and O–H groups in total. The zero-order valence-corrected chi connectivity index (χ0v) is 18.6. The zero-order chi connectivity index (χ0) is 22.9. The van der Waals surface area contributed by atoms with E-state index in [0.717, 1.165) is 11.0 Å². The van der Waals surface area contributed by atoms with E-state index in [1.165, 1.54) is 0 Å². The molecule has 1 aromatic heterocycles. The average molecular weight is 456 g/mol. The summed E-state index contributed by atoms with van der Waals surface area (Å²) in [4.78, 5) is 41.8. The second kappa shape index (κ2) is 11.2. The number of benzene rings is 2. The predicted octanol–water partition coefficient (Wildman–Crippen LogP) is 1.74. The van der Waals surface area contributed by atoms with Gasteiger partial charge in [-0.2, -0.15) is 11.8 Å². The fourth-order valence-electron chi connectivity index (χ4n) is 3.04. The largest absolute Gasteiger partial charge is 0.497 e. The first-order chi connectivity index (χ1) is 15.5. The second-order valence-electron chi connectivity index (χ2n) is 6.93. The van der Waals surface area contributed by atoms with Crippen LogP contribution >= 0.6 is 11.8 Å². The van der Waals surface area contributed by atoms with Gasteiger partial charge in [0.2, 0.25) is 0 Å². The highest BCUT2D eigenvalue weighted by Crippen LogP contribution is 2.12. The van der Waals surface area contributed by atoms with E-state index in [4.69, 9.17) is 4.74 Å². The van der Waals surface area contributed by atoms with E-state index in [-0.39, 0.29) is 12.5 Å². The minimum Gasteiger partial charge on any atom is -0.497 e. The molecule has 0 spiro atoms. The third kappa shape index (κ3) is 6.01.